The van der Waals surface area contributed by atoms with Crippen LogP contribution in [0, 0.1) is 0 Å². The number of rotatable bonds is 6. The van der Waals surface area contributed by atoms with Crippen molar-refractivity contribution < 1.29 is 9.53 Å². The molecule has 4 heteroatoms. The van der Waals surface area contributed by atoms with Crippen LogP contribution in [-0.2, 0) is 22.4 Å². The van der Waals surface area contributed by atoms with Crippen LogP contribution in [0.2, 0.25) is 0 Å². The van der Waals surface area contributed by atoms with E-state index in [1.807, 2.05) is 24.3 Å². The van der Waals surface area contributed by atoms with E-state index in [0.29, 0.717) is 13.0 Å². The molecule has 0 aliphatic carbocycles. The zero-order valence-electron chi connectivity index (χ0n) is 16.1. The smallest absolute Gasteiger partial charge is 0.224 e. The van der Waals surface area contributed by atoms with Crippen LogP contribution in [0.4, 0.5) is 5.69 Å². The number of carbonyl (C=O) groups is 1. The molecule has 3 aromatic rings. The molecule has 1 saturated heterocycles. The quantitative estimate of drug-likeness (QED) is 0.717. The Balaban J connectivity index is 1.28. The lowest BCUT2D eigenvalue weighted by Crippen LogP contribution is -2.36. The lowest BCUT2D eigenvalue weighted by atomic mass is 10.0. The number of fused-ring (bicyclic) bond motifs is 1. The van der Waals surface area contributed by atoms with Gasteiger partial charge in [-0.15, -0.1) is 0 Å². The van der Waals surface area contributed by atoms with Crippen molar-refractivity contribution in [2.75, 3.05) is 37.7 Å². The van der Waals surface area contributed by atoms with Gasteiger partial charge in [-0.3, -0.25) is 4.79 Å². The van der Waals surface area contributed by atoms with Crippen molar-refractivity contribution in [1.29, 1.82) is 0 Å². The summed E-state index contributed by atoms with van der Waals surface area (Å²) in [4.78, 5) is 14.7. The molecule has 0 atom stereocenters. The van der Waals surface area contributed by atoms with Crippen LogP contribution >= 0.6 is 0 Å². The van der Waals surface area contributed by atoms with Crippen molar-refractivity contribution in [3.63, 3.8) is 0 Å². The van der Waals surface area contributed by atoms with E-state index in [0.717, 1.165) is 43.7 Å². The fraction of sp³-hybridized carbons (Fsp3) is 0.292. The minimum atomic E-state index is 0.0706. The first kappa shape index (κ1) is 18.5. The predicted octanol–water partition coefficient (Wildman–Crippen LogP) is 3.58. The molecule has 1 aliphatic heterocycles. The van der Waals surface area contributed by atoms with Gasteiger partial charge in [0.1, 0.15) is 0 Å². The molecule has 1 N–H and O–H groups in total. The number of amides is 1. The molecule has 0 radical (unpaired) electrons. The monoisotopic (exact) mass is 374 g/mol. The number of nitrogens with one attached hydrogen (secondary N) is 1. The molecule has 0 unspecified atom stereocenters. The number of benzene rings is 3. The molecule has 144 valence electrons. The maximum Gasteiger partial charge on any atom is 0.224 e. The van der Waals surface area contributed by atoms with Crippen molar-refractivity contribution in [2.24, 2.45) is 0 Å². The van der Waals surface area contributed by atoms with Crippen molar-refractivity contribution >= 4 is 22.4 Å². The summed E-state index contributed by atoms with van der Waals surface area (Å²) in [5, 5.41) is 5.38. The van der Waals surface area contributed by atoms with Gasteiger partial charge in [-0.05, 0) is 40.5 Å². The molecule has 1 aliphatic rings. The van der Waals surface area contributed by atoms with E-state index < -0.39 is 0 Å². The third kappa shape index (κ3) is 4.52. The highest BCUT2D eigenvalue weighted by Gasteiger charge is 2.11. The minimum absolute atomic E-state index is 0.0706. The Bertz CT molecular complexity index is 925. The summed E-state index contributed by atoms with van der Waals surface area (Å²) in [5.74, 6) is 0.0706. The van der Waals surface area contributed by atoms with E-state index in [2.05, 4.69) is 52.7 Å². The van der Waals surface area contributed by atoms with Gasteiger partial charge in [-0.1, -0.05) is 54.6 Å². The highest BCUT2D eigenvalue weighted by molar-refractivity contribution is 5.90. The summed E-state index contributed by atoms with van der Waals surface area (Å²) in [5.41, 5.74) is 3.56. The van der Waals surface area contributed by atoms with Gasteiger partial charge in [0.25, 0.3) is 0 Å². The van der Waals surface area contributed by atoms with Gasteiger partial charge in [0.15, 0.2) is 0 Å². The van der Waals surface area contributed by atoms with E-state index in [1.54, 1.807) is 0 Å². The summed E-state index contributed by atoms with van der Waals surface area (Å²) in [6.07, 6.45) is 1.25. The maximum absolute atomic E-state index is 12.4. The van der Waals surface area contributed by atoms with Crippen molar-refractivity contribution in [1.82, 2.24) is 5.32 Å². The van der Waals surface area contributed by atoms with Crippen LogP contribution in [-0.4, -0.2) is 38.8 Å². The zero-order valence-corrected chi connectivity index (χ0v) is 16.1. The number of carbonyl (C=O) groups excluding carboxylic acids is 1. The topological polar surface area (TPSA) is 41.6 Å². The molecular weight excluding hydrogens is 348 g/mol. The van der Waals surface area contributed by atoms with Gasteiger partial charge >= 0.3 is 0 Å². The molecule has 4 nitrogen and oxygen atoms in total. The first-order chi connectivity index (χ1) is 13.8. The maximum atomic E-state index is 12.4. The summed E-state index contributed by atoms with van der Waals surface area (Å²) >= 11 is 0. The molecule has 0 bridgehead atoms. The van der Waals surface area contributed by atoms with Gasteiger partial charge in [0.05, 0.1) is 19.6 Å². The lowest BCUT2D eigenvalue weighted by molar-refractivity contribution is -0.120. The molecule has 28 heavy (non-hydrogen) atoms. The number of nitrogens with zero attached hydrogens (tertiary/aromatic N) is 1. The third-order valence-electron chi connectivity index (χ3n) is 5.28. The first-order valence-electron chi connectivity index (χ1n) is 9.94. The van der Waals surface area contributed by atoms with E-state index in [-0.39, 0.29) is 5.91 Å². The second-order valence-corrected chi connectivity index (χ2v) is 7.18. The van der Waals surface area contributed by atoms with Gasteiger partial charge in [0.2, 0.25) is 5.91 Å². The standard InChI is InChI=1S/C24H26N2O2/c27-24(18-21-6-3-5-20-4-1-2-7-23(20)21)25-13-12-19-8-10-22(11-9-19)26-14-16-28-17-15-26/h1-11H,12-18H2,(H,25,27). The Morgan fingerprint density at radius 1 is 0.929 bits per heavy atom. The molecule has 3 aromatic carbocycles. The summed E-state index contributed by atoms with van der Waals surface area (Å²) < 4.78 is 5.40. The van der Waals surface area contributed by atoms with Crippen molar-refractivity contribution in [3.05, 3.63) is 77.9 Å². The predicted molar refractivity (Wildman–Crippen MR) is 114 cm³/mol. The average molecular weight is 374 g/mol. The van der Waals surface area contributed by atoms with Crippen molar-refractivity contribution in [3.8, 4) is 0 Å². The Labute approximate surface area is 166 Å². The van der Waals surface area contributed by atoms with E-state index in [4.69, 9.17) is 4.74 Å². The number of morpholine rings is 1. The Morgan fingerprint density at radius 3 is 2.50 bits per heavy atom. The molecular formula is C24H26N2O2. The lowest BCUT2D eigenvalue weighted by Gasteiger charge is -2.28. The zero-order chi connectivity index (χ0) is 19.2. The Morgan fingerprint density at radius 2 is 1.68 bits per heavy atom. The fourth-order valence-electron chi connectivity index (χ4n) is 3.72. The molecule has 1 heterocycles. The third-order valence-corrected chi connectivity index (χ3v) is 5.28. The van der Waals surface area contributed by atoms with Crippen molar-refractivity contribution in [2.45, 2.75) is 12.8 Å². The van der Waals surface area contributed by atoms with Gasteiger partial charge < -0.3 is 15.0 Å². The van der Waals surface area contributed by atoms with Crippen LogP contribution in [0.25, 0.3) is 10.8 Å². The van der Waals surface area contributed by atoms with Crippen LogP contribution in [0.5, 0.6) is 0 Å². The normalized spacial score (nSPS) is 14.2. The molecule has 4 rings (SSSR count). The van der Waals surface area contributed by atoms with Crippen LogP contribution in [0.3, 0.4) is 0 Å². The SMILES string of the molecule is O=C(Cc1cccc2ccccc12)NCCc1ccc(N2CCOCC2)cc1. The van der Waals surface area contributed by atoms with Gasteiger partial charge in [0, 0.05) is 25.3 Å². The number of ether oxygens (including phenoxy) is 1. The Hall–Kier alpha value is -2.85. The molecule has 0 spiro atoms. The van der Waals surface area contributed by atoms with Crippen LogP contribution in [0.1, 0.15) is 11.1 Å². The summed E-state index contributed by atoms with van der Waals surface area (Å²) in [7, 11) is 0. The second-order valence-electron chi connectivity index (χ2n) is 7.18. The van der Waals surface area contributed by atoms with Gasteiger partial charge in [-0.2, -0.15) is 0 Å². The highest BCUT2D eigenvalue weighted by Crippen LogP contribution is 2.19. The number of hydrogen-bond donors (Lipinski definition) is 1. The van der Waals surface area contributed by atoms with Gasteiger partial charge in [-0.25, -0.2) is 0 Å². The summed E-state index contributed by atoms with van der Waals surface area (Å²) in [6.45, 7) is 4.14. The molecule has 0 aromatic heterocycles. The fourth-order valence-corrected chi connectivity index (χ4v) is 3.72. The molecule has 1 fully saturated rings. The molecule has 1 amide bonds. The average Bonchev–Trinajstić information content (AvgIpc) is 2.75. The first-order valence-corrected chi connectivity index (χ1v) is 9.94. The van der Waals surface area contributed by atoms with E-state index in [1.165, 1.54) is 16.6 Å². The Kier molecular flexibility index (Phi) is 5.88. The minimum Gasteiger partial charge on any atom is -0.378 e. The second kappa shape index (κ2) is 8.89. The summed E-state index contributed by atoms with van der Waals surface area (Å²) in [6, 6.07) is 23.0. The van der Waals surface area contributed by atoms with Crippen LogP contribution in [0.15, 0.2) is 66.7 Å². The van der Waals surface area contributed by atoms with E-state index in [9.17, 15) is 4.79 Å². The molecule has 0 saturated carbocycles. The van der Waals surface area contributed by atoms with E-state index >= 15 is 0 Å². The number of anilines is 1. The number of hydrogen-bond acceptors (Lipinski definition) is 3. The largest absolute Gasteiger partial charge is 0.378 e. The highest BCUT2D eigenvalue weighted by atomic mass is 16.5. The van der Waals surface area contributed by atoms with Crippen LogP contribution < -0.4 is 10.2 Å².